The summed E-state index contributed by atoms with van der Waals surface area (Å²) in [5, 5.41) is 8.88. The van der Waals surface area contributed by atoms with Crippen molar-refractivity contribution in [2.45, 2.75) is 26.5 Å². The lowest BCUT2D eigenvalue weighted by Gasteiger charge is -2.16. The molecule has 6 nitrogen and oxygen atoms in total. The van der Waals surface area contributed by atoms with Gasteiger partial charge in [0.15, 0.2) is 0 Å². The Bertz CT molecular complexity index is 1270. The molecular formula is C27H25N3O3S. The maximum Gasteiger partial charge on any atom is 0.255 e. The van der Waals surface area contributed by atoms with E-state index in [0.29, 0.717) is 29.2 Å². The molecule has 0 bridgehead atoms. The zero-order valence-electron chi connectivity index (χ0n) is 18.9. The van der Waals surface area contributed by atoms with Crippen LogP contribution in [0.15, 0.2) is 84.2 Å². The monoisotopic (exact) mass is 471 g/mol. The molecule has 172 valence electrons. The smallest absolute Gasteiger partial charge is 0.255 e. The molecule has 1 atom stereocenters. The highest BCUT2D eigenvalue weighted by molar-refractivity contribution is 7.09. The zero-order chi connectivity index (χ0) is 23.9. The SMILES string of the molecule is Cc1nc(COc2ccc(C(=O)NC(C)c3cccc(NC(=O)c4ccccc4)c3)cc2)cs1. The van der Waals surface area contributed by atoms with Crippen molar-refractivity contribution in [1.29, 1.82) is 0 Å². The van der Waals surface area contributed by atoms with Crippen LogP contribution >= 0.6 is 11.3 Å². The van der Waals surface area contributed by atoms with E-state index in [4.69, 9.17) is 4.74 Å². The van der Waals surface area contributed by atoms with Gasteiger partial charge in [0.2, 0.25) is 0 Å². The Morgan fingerprint density at radius 3 is 2.38 bits per heavy atom. The molecule has 7 heteroatoms. The first-order chi connectivity index (χ1) is 16.5. The van der Waals surface area contributed by atoms with Gasteiger partial charge in [-0.05, 0) is 67.9 Å². The zero-order valence-corrected chi connectivity index (χ0v) is 19.8. The average Bonchev–Trinajstić information content (AvgIpc) is 3.28. The topological polar surface area (TPSA) is 80.3 Å². The number of benzene rings is 3. The minimum atomic E-state index is -0.245. The summed E-state index contributed by atoms with van der Waals surface area (Å²) in [6, 6.07) is 23.3. The minimum absolute atomic E-state index is 0.179. The number of rotatable bonds is 8. The first-order valence-corrected chi connectivity index (χ1v) is 11.8. The quantitative estimate of drug-likeness (QED) is 0.342. The Balaban J connectivity index is 1.34. The van der Waals surface area contributed by atoms with E-state index in [2.05, 4.69) is 15.6 Å². The third-order valence-corrected chi connectivity index (χ3v) is 6.02. The number of amides is 2. The van der Waals surface area contributed by atoms with Crippen LogP contribution in [0.3, 0.4) is 0 Å². The first-order valence-electron chi connectivity index (χ1n) is 10.9. The van der Waals surface area contributed by atoms with E-state index < -0.39 is 0 Å². The number of carbonyl (C=O) groups is 2. The maximum atomic E-state index is 12.7. The number of nitrogens with zero attached hydrogens (tertiary/aromatic N) is 1. The Hall–Kier alpha value is -3.97. The summed E-state index contributed by atoms with van der Waals surface area (Å²) in [6.45, 7) is 4.26. The highest BCUT2D eigenvalue weighted by Crippen LogP contribution is 2.20. The highest BCUT2D eigenvalue weighted by atomic mass is 32.1. The van der Waals surface area contributed by atoms with Crippen LogP contribution in [0.1, 0.15) is 49.9 Å². The number of ether oxygens (including phenoxy) is 1. The molecule has 0 fully saturated rings. The number of hydrogen-bond donors (Lipinski definition) is 2. The summed E-state index contributed by atoms with van der Waals surface area (Å²) in [7, 11) is 0. The number of anilines is 1. The molecule has 1 unspecified atom stereocenters. The largest absolute Gasteiger partial charge is 0.487 e. The van der Waals surface area contributed by atoms with Crippen LogP contribution in [-0.4, -0.2) is 16.8 Å². The summed E-state index contributed by atoms with van der Waals surface area (Å²) < 4.78 is 5.75. The molecule has 3 aromatic carbocycles. The van der Waals surface area contributed by atoms with E-state index in [1.165, 1.54) is 0 Å². The molecule has 1 aromatic heterocycles. The molecule has 0 aliphatic carbocycles. The average molecular weight is 472 g/mol. The molecule has 34 heavy (non-hydrogen) atoms. The first kappa shape index (κ1) is 23.2. The second-order valence-electron chi connectivity index (χ2n) is 7.81. The normalized spacial score (nSPS) is 11.5. The fraction of sp³-hybridized carbons (Fsp3) is 0.148. The van der Waals surface area contributed by atoms with E-state index in [1.807, 2.05) is 61.7 Å². The molecule has 0 saturated carbocycles. The van der Waals surface area contributed by atoms with Gasteiger partial charge in [0.1, 0.15) is 12.4 Å². The molecule has 0 aliphatic heterocycles. The van der Waals surface area contributed by atoms with Crippen LogP contribution in [0.5, 0.6) is 5.75 Å². The number of aryl methyl sites for hydroxylation is 1. The predicted octanol–water partition coefficient (Wildman–Crippen LogP) is 5.77. The van der Waals surface area contributed by atoms with E-state index in [9.17, 15) is 9.59 Å². The van der Waals surface area contributed by atoms with Crippen LogP contribution in [0.25, 0.3) is 0 Å². The fourth-order valence-electron chi connectivity index (χ4n) is 3.38. The summed E-state index contributed by atoms with van der Waals surface area (Å²) in [5.41, 5.74) is 3.57. The van der Waals surface area contributed by atoms with Gasteiger partial charge in [-0.2, -0.15) is 0 Å². The lowest BCUT2D eigenvalue weighted by molar-refractivity contribution is 0.0939. The van der Waals surface area contributed by atoms with Crippen LogP contribution in [0, 0.1) is 6.92 Å². The Morgan fingerprint density at radius 2 is 1.68 bits per heavy atom. The fourth-order valence-corrected chi connectivity index (χ4v) is 3.97. The van der Waals surface area contributed by atoms with Gasteiger partial charge in [-0.15, -0.1) is 11.3 Å². The van der Waals surface area contributed by atoms with Gasteiger partial charge in [0.25, 0.3) is 11.8 Å². The van der Waals surface area contributed by atoms with Gasteiger partial charge in [-0.1, -0.05) is 30.3 Å². The van der Waals surface area contributed by atoms with Crippen LogP contribution in [-0.2, 0) is 6.61 Å². The van der Waals surface area contributed by atoms with Crippen LogP contribution in [0.2, 0.25) is 0 Å². The minimum Gasteiger partial charge on any atom is -0.487 e. The molecular weight excluding hydrogens is 446 g/mol. The summed E-state index contributed by atoms with van der Waals surface area (Å²) >= 11 is 1.59. The van der Waals surface area contributed by atoms with Crippen molar-refractivity contribution in [1.82, 2.24) is 10.3 Å². The van der Waals surface area contributed by atoms with Gasteiger partial charge < -0.3 is 15.4 Å². The number of aromatic nitrogens is 1. The lowest BCUT2D eigenvalue weighted by atomic mass is 10.1. The molecule has 0 radical (unpaired) electrons. The standard InChI is InChI=1S/C27H25N3O3S/c1-18(22-9-6-10-23(15-22)30-27(32)20-7-4-3-5-8-20)28-26(31)21-11-13-25(14-12-21)33-16-24-17-34-19(2)29-24/h3-15,17-18H,16H2,1-2H3,(H,28,31)(H,30,32). The summed E-state index contributed by atoms with van der Waals surface area (Å²) in [6.07, 6.45) is 0. The van der Waals surface area contributed by atoms with Crippen molar-refractivity contribution < 1.29 is 14.3 Å². The van der Waals surface area contributed by atoms with Gasteiger partial charge in [-0.3, -0.25) is 9.59 Å². The van der Waals surface area contributed by atoms with E-state index in [1.54, 1.807) is 47.7 Å². The molecule has 2 N–H and O–H groups in total. The molecule has 4 rings (SSSR count). The van der Waals surface area contributed by atoms with Gasteiger partial charge in [0, 0.05) is 22.2 Å². The molecule has 2 amide bonds. The van der Waals surface area contributed by atoms with E-state index in [0.717, 1.165) is 16.3 Å². The third kappa shape index (κ3) is 6.08. The number of thiazole rings is 1. The number of hydrogen-bond acceptors (Lipinski definition) is 5. The molecule has 0 saturated heterocycles. The molecule has 0 spiro atoms. The van der Waals surface area contributed by atoms with Crippen molar-refractivity contribution in [2.75, 3.05) is 5.32 Å². The predicted molar refractivity (Wildman–Crippen MR) is 134 cm³/mol. The Labute approximate surface area is 202 Å². The maximum absolute atomic E-state index is 12.7. The molecule has 0 aliphatic rings. The Kier molecular flexibility index (Phi) is 7.34. The molecule has 1 heterocycles. The van der Waals surface area contributed by atoms with Crippen LogP contribution in [0.4, 0.5) is 5.69 Å². The van der Waals surface area contributed by atoms with Crippen molar-refractivity contribution in [3.8, 4) is 5.75 Å². The number of nitrogens with one attached hydrogen (secondary N) is 2. The summed E-state index contributed by atoms with van der Waals surface area (Å²) in [4.78, 5) is 29.5. The van der Waals surface area contributed by atoms with Crippen molar-refractivity contribution in [2.24, 2.45) is 0 Å². The van der Waals surface area contributed by atoms with Gasteiger partial charge in [0.05, 0.1) is 16.7 Å². The summed E-state index contributed by atoms with van der Waals surface area (Å²) in [5.74, 6) is 0.312. The van der Waals surface area contributed by atoms with Crippen molar-refractivity contribution in [3.63, 3.8) is 0 Å². The second kappa shape index (κ2) is 10.8. The van der Waals surface area contributed by atoms with E-state index >= 15 is 0 Å². The third-order valence-electron chi connectivity index (χ3n) is 5.20. The lowest BCUT2D eigenvalue weighted by Crippen LogP contribution is -2.26. The molecule has 4 aromatic rings. The van der Waals surface area contributed by atoms with Crippen molar-refractivity contribution in [3.05, 3.63) is 112 Å². The highest BCUT2D eigenvalue weighted by Gasteiger charge is 2.13. The van der Waals surface area contributed by atoms with Gasteiger partial charge >= 0.3 is 0 Å². The van der Waals surface area contributed by atoms with Crippen LogP contribution < -0.4 is 15.4 Å². The van der Waals surface area contributed by atoms with Gasteiger partial charge in [-0.25, -0.2) is 4.98 Å². The second-order valence-corrected chi connectivity index (χ2v) is 8.87. The number of carbonyl (C=O) groups excluding carboxylic acids is 2. The van der Waals surface area contributed by atoms with E-state index in [-0.39, 0.29) is 17.9 Å². The van der Waals surface area contributed by atoms with Crippen molar-refractivity contribution >= 4 is 28.8 Å². The Morgan fingerprint density at radius 1 is 0.941 bits per heavy atom.